The maximum Gasteiger partial charge on any atom is 0.408 e. The molecule has 0 fully saturated rings. The van der Waals surface area contributed by atoms with Gasteiger partial charge in [-0.25, -0.2) is 9.59 Å². The molecule has 50 heavy (non-hydrogen) atoms. The summed E-state index contributed by atoms with van der Waals surface area (Å²) in [6, 6.07) is 36.2. The summed E-state index contributed by atoms with van der Waals surface area (Å²) in [5.41, 5.74) is 3.37. The molecule has 0 saturated carbocycles. The van der Waals surface area contributed by atoms with Crippen LogP contribution in [0.15, 0.2) is 132 Å². The summed E-state index contributed by atoms with van der Waals surface area (Å²) < 4.78 is 25.2. The maximum atomic E-state index is 14.3. The average molecular weight is 696 g/mol. The fraction of sp³-hybridized carbons (Fsp3) is 0.211. The number of ether oxygens (including phenoxy) is 1. The third kappa shape index (κ3) is 10.5. The molecule has 11 nitrogen and oxygen atoms in total. The lowest BCUT2D eigenvalue weighted by atomic mass is 10.0. The summed E-state index contributed by atoms with van der Waals surface area (Å²) in [5, 5.41) is 19.2. The zero-order valence-corrected chi connectivity index (χ0v) is 28.0. The predicted molar refractivity (Wildman–Crippen MR) is 187 cm³/mol. The number of aromatic nitrogens is 1. The van der Waals surface area contributed by atoms with Crippen LogP contribution >= 0.6 is 7.37 Å². The van der Waals surface area contributed by atoms with Crippen LogP contribution in [0.25, 0.3) is 11.3 Å². The monoisotopic (exact) mass is 695 g/mol. The van der Waals surface area contributed by atoms with Gasteiger partial charge in [0.05, 0.1) is 5.92 Å². The second-order valence-electron chi connectivity index (χ2n) is 11.9. The van der Waals surface area contributed by atoms with Gasteiger partial charge in [-0.2, -0.15) is 0 Å². The van der Waals surface area contributed by atoms with Gasteiger partial charge in [-0.3, -0.25) is 9.36 Å². The van der Waals surface area contributed by atoms with Crippen LogP contribution in [0.5, 0.6) is 0 Å². The molecule has 4 N–H and O–H groups in total. The van der Waals surface area contributed by atoms with E-state index in [2.05, 4.69) is 15.8 Å². The SMILES string of the molecule is O=C(N[C@H](Cc1ccccc1)P(=O)(O)C[C@H](Cc1cc(-c2ccccc2)no1)C(=O)N[C@H](Cc1ccccc1)C(=O)O)OCc1ccccc1. The molecule has 0 aliphatic rings. The standard InChI is InChI=1S/C38H38N3O8P/c42-36(39-34(37(43)44)21-27-13-5-1-6-14-27)31(23-32-24-33(41-49-32)30-19-11-4-12-20-30)26-50(46,47)35(22-28-15-7-2-8-16-28)40-38(45)48-25-29-17-9-3-10-18-29/h1-20,24,31,34-35H,21-23,25-26H2,(H,39,42)(H,40,45)(H,43,44)(H,46,47)/t31-,34+,35-/m0/s1. The lowest BCUT2D eigenvalue weighted by Gasteiger charge is -2.27. The number of alkyl carbamates (subject to hydrolysis) is 1. The van der Waals surface area contributed by atoms with Gasteiger partial charge in [0.25, 0.3) is 0 Å². The van der Waals surface area contributed by atoms with E-state index in [0.29, 0.717) is 16.8 Å². The number of nitrogens with one attached hydrogen (secondary N) is 2. The zero-order valence-electron chi connectivity index (χ0n) is 27.1. The molecule has 0 saturated heterocycles. The lowest BCUT2D eigenvalue weighted by Crippen LogP contribution is -2.46. The Labute approximate surface area is 289 Å². The highest BCUT2D eigenvalue weighted by atomic mass is 31.2. The molecule has 4 atom stereocenters. The number of carboxylic acids is 1. The van der Waals surface area contributed by atoms with Gasteiger partial charge in [-0.15, -0.1) is 0 Å². The molecule has 1 heterocycles. The summed E-state index contributed by atoms with van der Waals surface area (Å²) in [7, 11) is -4.43. The van der Waals surface area contributed by atoms with Crippen LogP contribution in [0, 0.1) is 5.92 Å². The van der Waals surface area contributed by atoms with Crippen LogP contribution in [-0.2, 0) is 44.8 Å². The summed E-state index contributed by atoms with van der Waals surface area (Å²) in [6.45, 7) is -0.0568. The molecule has 0 spiro atoms. The number of benzene rings is 4. The minimum atomic E-state index is -4.43. The number of carboxylic acid groups (broad SMARTS) is 1. The Morgan fingerprint density at radius 1 is 0.740 bits per heavy atom. The van der Waals surface area contributed by atoms with Crippen molar-refractivity contribution in [2.75, 3.05) is 6.16 Å². The van der Waals surface area contributed by atoms with E-state index in [1.807, 2.05) is 36.4 Å². The van der Waals surface area contributed by atoms with E-state index in [9.17, 15) is 28.9 Å². The molecule has 2 amide bonds. The van der Waals surface area contributed by atoms with Gasteiger partial charge >= 0.3 is 12.1 Å². The summed E-state index contributed by atoms with van der Waals surface area (Å²) in [5.74, 6) is -4.33. The van der Waals surface area contributed by atoms with Crippen molar-refractivity contribution in [2.24, 2.45) is 5.92 Å². The van der Waals surface area contributed by atoms with Crippen molar-refractivity contribution in [2.45, 2.75) is 37.7 Å². The number of rotatable bonds is 16. The average Bonchev–Trinajstić information content (AvgIpc) is 3.60. The first-order valence-electron chi connectivity index (χ1n) is 16.1. The third-order valence-corrected chi connectivity index (χ3v) is 10.3. The van der Waals surface area contributed by atoms with Gasteiger partial charge in [-0.05, 0) is 16.7 Å². The molecule has 5 rings (SSSR count). The minimum Gasteiger partial charge on any atom is -0.480 e. The Morgan fingerprint density at radius 3 is 1.86 bits per heavy atom. The highest BCUT2D eigenvalue weighted by Crippen LogP contribution is 2.48. The van der Waals surface area contributed by atoms with Gasteiger partial charge in [0.2, 0.25) is 13.3 Å². The van der Waals surface area contributed by atoms with Crippen molar-refractivity contribution >= 4 is 25.3 Å². The molecular formula is C38H38N3O8P. The Kier molecular flexibility index (Phi) is 12.3. The van der Waals surface area contributed by atoms with Gasteiger partial charge in [0, 0.05) is 37.1 Å². The first-order valence-corrected chi connectivity index (χ1v) is 18.0. The van der Waals surface area contributed by atoms with Crippen LogP contribution in [0.2, 0.25) is 0 Å². The Morgan fingerprint density at radius 2 is 1.28 bits per heavy atom. The summed E-state index contributed by atoms with van der Waals surface area (Å²) in [6.07, 6.45) is -1.70. The molecule has 4 aromatic carbocycles. The molecule has 1 aromatic heterocycles. The van der Waals surface area contributed by atoms with Crippen molar-refractivity contribution in [3.05, 3.63) is 150 Å². The topological polar surface area (TPSA) is 168 Å². The predicted octanol–water partition coefficient (Wildman–Crippen LogP) is 6.08. The molecule has 12 heteroatoms. The van der Waals surface area contributed by atoms with Crippen molar-refractivity contribution < 1.29 is 38.2 Å². The van der Waals surface area contributed by atoms with E-state index < -0.39 is 49.2 Å². The van der Waals surface area contributed by atoms with Crippen LogP contribution < -0.4 is 10.6 Å². The van der Waals surface area contributed by atoms with Crippen LogP contribution in [0.4, 0.5) is 4.79 Å². The fourth-order valence-electron chi connectivity index (χ4n) is 5.45. The number of aliphatic carboxylic acids is 1. The van der Waals surface area contributed by atoms with E-state index in [4.69, 9.17) is 9.26 Å². The van der Waals surface area contributed by atoms with Crippen molar-refractivity contribution in [3.8, 4) is 11.3 Å². The highest BCUT2D eigenvalue weighted by molar-refractivity contribution is 7.58. The maximum absolute atomic E-state index is 14.3. The first kappa shape index (κ1) is 35.8. The number of hydrogen-bond acceptors (Lipinski definition) is 7. The second kappa shape index (κ2) is 17.2. The third-order valence-electron chi connectivity index (χ3n) is 8.08. The van der Waals surface area contributed by atoms with E-state index in [0.717, 1.165) is 11.1 Å². The molecule has 1 unspecified atom stereocenters. The van der Waals surface area contributed by atoms with E-state index in [1.165, 1.54) is 0 Å². The Balaban J connectivity index is 1.40. The lowest BCUT2D eigenvalue weighted by molar-refractivity contribution is -0.142. The van der Waals surface area contributed by atoms with E-state index in [-0.39, 0.29) is 31.6 Å². The molecule has 0 bridgehead atoms. The number of carbonyl (C=O) groups excluding carboxylic acids is 2. The van der Waals surface area contributed by atoms with Crippen LogP contribution in [0.1, 0.15) is 22.5 Å². The van der Waals surface area contributed by atoms with Crippen LogP contribution in [-0.4, -0.2) is 51.1 Å². The van der Waals surface area contributed by atoms with Crippen molar-refractivity contribution in [1.82, 2.24) is 15.8 Å². The number of nitrogens with zero attached hydrogens (tertiary/aromatic N) is 1. The fourth-order valence-corrected chi connectivity index (χ4v) is 7.44. The molecular weight excluding hydrogens is 657 g/mol. The number of carbonyl (C=O) groups is 3. The molecule has 0 aliphatic carbocycles. The zero-order chi connectivity index (χ0) is 35.3. The highest BCUT2D eigenvalue weighted by Gasteiger charge is 2.39. The normalized spacial score (nSPS) is 14.0. The number of hydrogen-bond donors (Lipinski definition) is 4. The Bertz CT molecular complexity index is 1890. The molecule has 0 radical (unpaired) electrons. The molecule has 0 aliphatic heterocycles. The van der Waals surface area contributed by atoms with Crippen molar-refractivity contribution in [3.63, 3.8) is 0 Å². The van der Waals surface area contributed by atoms with Crippen LogP contribution in [0.3, 0.4) is 0 Å². The first-order chi connectivity index (χ1) is 24.2. The summed E-state index contributed by atoms with van der Waals surface area (Å²) >= 11 is 0. The molecule has 5 aromatic rings. The minimum absolute atomic E-state index is 0.00265. The van der Waals surface area contributed by atoms with Gasteiger partial charge in [0.1, 0.15) is 29.9 Å². The van der Waals surface area contributed by atoms with Gasteiger partial charge in [0.15, 0.2) is 0 Å². The quantitative estimate of drug-likeness (QED) is 0.0895. The molecule has 258 valence electrons. The van der Waals surface area contributed by atoms with Gasteiger partial charge < -0.3 is 29.9 Å². The summed E-state index contributed by atoms with van der Waals surface area (Å²) in [4.78, 5) is 50.8. The van der Waals surface area contributed by atoms with E-state index >= 15 is 0 Å². The second-order valence-corrected chi connectivity index (χ2v) is 14.4. The van der Waals surface area contributed by atoms with Gasteiger partial charge in [-0.1, -0.05) is 126 Å². The number of amides is 2. The van der Waals surface area contributed by atoms with E-state index in [1.54, 1.807) is 91.0 Å². The Hall–Kier alpha value is -5.51. The largest absolute Gasteiger partial charge is 0.480 e. The smallest absolute Gasteiger partial charge is 0.408 e. The van der Waals surface area contributed by atoms with Crippen molar-refractivity contribution in [1.29, 1.82) is 0 Å².